The molecule has 0 aliphatic rings. The second-order valence-corrected chi connectivity index (χ2v) is 4.81. The van der Waals surface area contributed by atoms with Crippen molar-refractivity contribution in [3.05, 3.63) is 33.8 Å². The lowest BCUT2D eigenvalue weighted by molar-refractivity contribution is 0.478. The minimum atomic E-state index is -0.850. The Morgan fingerprint density at radius 2 is 2.17 bits per heavy atom. The highest BCUT2D eigenvalue weighted by atomic mass is 79.9. The standard InChI is InChI=1S/C14H16BrF2N/c1-3-5-6-12(18-9-4-2)10-7-8-11(16)14(17)13(10)15/h1,7-8,12,18H,4-6,9H2,2H3. The van der Waals surface area contributed by atoms with Crippen molar-refractivity contribution in [1.29, 1.82) is 0 Å². The molecule has 1 N–H and O–H groups in total. The van der Waals surface area contributed by atoms with Crippen LogP contribution in [0.5, 0.6) is 0 Å². The first-order chi connectivity index (χ1) is 8.61. The van der Waals surface area contributed by atoms with Gasteiger partial charge in [-0.2, -0.15) is 0 Å². The number of benzene rings is 1. The molecule has 0 aliphatic heterocycles. The Morgan fingerprint density at radius 3 is 2.78 bits per heavy atom. The summed E-state index contributed by atoms with van der Waals surface area (Å²) < 4.78 is 26.7. The van der Waals surface area contributed by atoms with Gasteiger partial charge in [-0.1, -0.05) is 13.0 Å². The van der Waals surface area contributed by atoms with Crippen molar-refractivity contribution in [3.8, 4) is 12.3 Å². The molecule has 0 saturated heterocycles. The van der Waals surface area contributed by atoms with Crippen LogP contribution in [0.2, 0.25) is 0 Å². The summed E-state index contributed by atoms with van der Waals surface area (Å²) in [6.45, 7) is 2.85. The van der Waals surface area contributed by atoms with Gasteiger partial charge in [-0.25, -0.2) is 8.78 Å². The molecule has 0 heterocycles. The average Bonchev–Trinajstić information content (AvgIpc) is 2.37. The predicted molar refractivity (Wildman–Crippen MR) is 73.2 cm³/mol. The summed E-state index contributed by atoms with van der Waals surface area (Å²) >= 11 is 3.11. The molecule has 0 aromatic heterocycles. The van der Waals surface area contributed by atoms with Gasteiger partial charge in [0.1, 0.15) is 0 Å². The van der Waals surface area contributed by atoms with Gasteiger partial charge in [0.05, 0.1) is 4.47 Å². The monoisotopic (exact) mass is 315 g/mol. The van der Waals surface area contributed by atoms with Gasteiger partial charge >= 0.3 is 0 Å². The highest BCUT2D eigenvalue weighted by Crippen LogP contribution is 2.30. The summed E-state index contributed by atoms with van der Waals surface area (Å²) in [5.41, 5.74) is 0.706. The summed E-state index contributed by atoms with van der Waals surface area (Å²) in [4.78, 5) is 0. The Kier molecular flexibility index (Phi) is 6.31. The lowest BCUT2D eigenvalue weighted by Gasteiger charge is -2.19. The Labute approximate surface area is 115 Å². The maximum atomic E-state index is 13.5. The quantitative estimate of drug-likeness (QED) is 0.613. The second-order valence-electron chi connectivity index (χ2n) is 4.01. The van der Waals surface area contributed by atoms with E-state index in [0.717, 1.165) is 19.0 Å². The summed E-state index contributed by atoms with van der Waals surface area (Å²) in [6, 6.07) is 2.67. The maximum Gasteiger partial charge on any atom is 0.173 e. The third-order valence-corrected chi connectivity index (χ3v) is 3.46. The van der Waals surface area contributed by atoms with E-state index in [9.17, 15) is 8.78 Å². The third kappa shape index (κ3) is 3.79. The predicted octanol–water partition coefficient (Wildman–Crippen LogP) is 4.18. The molecule has 1 nitrogen and oxygen atoms in total. The summed E-state index contributed by atoms with van der Waals surface area (Å²) in [5, 5.41) is 3.29. The topological polar surface area (TPSA) is 12.0 Å². The number of nitrogens with one attached hydrogen (secondary N) is 1. The van der Waals surface area contributed by atoms with Crippen LogP contribution in [0.15, 0.2) is 16.6 Å². The Balaban J connectivity index is 2.97. The van der Waals surface area contributed by atoms with E-state index in [4.69, 9.17) is 6.42 Å². The van der Waals surface area contributed by atoms with Gasteiger partial charge in [-0.05, 0) is 46.9 Å². The highest BCUT2D eigenvalue weighted by Gasteiger charge is 2.18. The van der Waals surface area contributed by atoms with Crippen LogP contribution < -0.4 is 5.32 Å². The van der Waals surface area contributed by atoms with E-state index >= 15 is 0 Å². The molecule has 0 bridgehead atoms. The molecule has 4 heteroatoms. The van der Waals surface area contributed by atoms with Crippen LogP contribution in [0.1, 0.15) is 37.8 Å². The van der Waals surface area contributed by atoms with E-state index in [1.54, 1.807) is 6.07 Å². The minimum absolute atomic E-state index is 0.0644. The van der Waals surface area contributed by atoms with E-state index in [-0.39, 0.29) is 10.5 Å². The zero-order valence-corrected chi connectivity index (χ0v) is 11.9. The van der Waals surface area contributed by atoms with Crippen LogP contribution in [-0.2, 0) is 0 Å². The van der Waals surface area contributed by atoms with Crippen molar-refractivity contribution >= 4 is 15.9 Å². The number of hydrogen-bond donors (Lipinski definition) is 1. The van der Waals surface area contributed by atoms with Gasteiger partial charge in [0.25, 0.3) is 0 Å². The van der Waals surface area contributed by atoms with E-state index in [1.807, 2.05) is 6.92 Å². The largest absolute Gasteiger partial charge is 0.310 e. The van der Waals surface area contributed by atoms with Crippen LogP contribution in [0.4, 0.5) is 8.78 Å². The second kappa shape index (κ2) is 7.50. The van der Waals surface area contributed by atoms with Gasteiger partial charge in [-0.3, -0.25) is 0 Å². The Hall–Kier alpha value is -0.920. The number of rotatable bonds is 6. The molecule has 1 atom stereocenters. The fourth-order valence-electron chi connectivity index (χ4n) is 1.72. The zero-order valence-electron chi connectivity index (χ0n) is 10.3. The normalized spacial score (nSPS) is 12.2. The van der Waals surface area contributed by atoms with E-state index in [0.29, 0.717) is 18.4 Å². The van der Waals surface area contributed by atoms with Crippen molar-refractivity contribution in [3.63, 3.8) is 0 Å². The molecular weight excluding hydrogens is 300 g/mol. The summed E-state index contributed by atoms with van der Waals surface area (Å²) in [6.07, 6.45) is 7.50. The Morgan fingerprint density at radius 1 is 1.44 bits per heavy atom. The zero-order chi connectivity index (χ0) is 13.5. The van der Waals surface area contributed by atoms with Gasteiger partial charge in [0, 0.05) is 12.5 Å². The smallest absolute Gasteiger partial charge is 0.173 e. The molecule has 0 radical (unpaired) electrons. The van der Waals surface area contributed by atoms with Crippen molar-refractivity contribution in [2.75, 3.05) is 6.54 Å². The summed E-state index contributed by atoms with van der Waals surface area (Å²) in [7, 11) is 0. The maximum absolute atomic E-state index is 13.5. The summed E-state index contributed by atoms with van der Waals surface area (Å²) in [5.74, 6) is 0.866. The van der Waals surface area contributed by atoms with Crippen LogP contribution in [0, 0.1) is 24.0 Å². The first-order valence-electron chi connectivity index (χ1n) is 5.92. The first-order valence-corrected chi connectivity index (χ1v) is 6.71. The third-order valence-electron chi connectivity index (χ3n) is 2.66. The van der Waals surface area contributed by atoms with Crippen molar-refractivity contribution in [1.82, 2.24) is 5.32 Å². The molecule has 1 aromatic rings. The lowest BCUT2D eigenvalue weighted by Crippen LogP contribution is -2.22. The molecule has 0 aliphatic carbocycles. The molecule has 0 saturated carbocycles. The van der Waals surface area contributed by atoms with Gasteiger partial charge in [-0.15, -0.1) is 12.3 Å². The first kappa shape index (κ1) is 15.1. The number of hydrogen-bond acceptors (Lipinski definition) is 1. The molecule has 1 rings (SSSR count). The van der Waals surface area contributed by atoms with E-state index < -0.39 is 11.6 Å². The molecule has 0 spiro atoms. The van der Waals surface area contributed by atoms with Gasteiger partial charge < -0.3 is 5.32 Å². The van der Waals surface area contributed by atoms with Gasteiger partial charge in [0.2, 0.25) is 0 Å². The molecule has 1 aromatic carbocycles. The fraction of sp³-hybridized carbons (Fsp3) is 0.429. The number of halogens is 3. The molecule has 0 amide bonds. The SMILES string of the molecule is C#CCCC(NCCC)c1ccc(F)c(F)c1Br. The van der Waals surface area contributed by atoms with Crippen LogP contribution >= 0.6 is 15.9 Å². The fourth-order valence-corrected chi connectivity index (χ4v) is 2.32. The van der Waals surface area contributed by atoms with Crippen LogP contribution in [0.25, 0.3) is 0 Å². The molecule has 1 unspecified atom stereocenters. The van der Waals surface area contributed by atoms with Gasteiger partial charge in [0.15, 0.2) is 11.6 Å². The Bertz CT molecular complexity index is 440. The van der Waals surface area contributed by atoms with E-state index in [2.05, 4.69) is 27.2 Å². The molecular formula is C14H16BrF2N. The van der Waals surface area contributed by atoms with Crippen molar-refractivity contribution < 1.29 is 8.78 Å². The lowest BCUT2D eigenvalue weighted by atomic mass is 10.0. The highest BCUT2D eigenvalue weighted by molar-refractivity contribution is 9.10. The minimum Gasteiger partial charge on any atom is -0.310 e. The van der Waals surface area contributed by atoms with Crippen LogP contribution in [0.3, 0.4) is 0 Å². The van der Waals surface area contributed by atoms with Crippen molar-refractivity contribution in [2.24, 2.45) is 0 Å². The molecule has 98 valence electrons. The number of terminal acetylenes is 1. The molecule has 0 fully saturated rings. The molecule has 18 heavy (non-hydrogen) atoms. The van der Waals surface area contributed by atoms with E-state index in [1.165, 1.54) is 0 Å². The average molecular weight is 316 g/mol. The van der Waals surface area contributed by atoms with Crippen LogP contribution in [-0.4, -0.2) is 6.54 Å². The van der Waals surface area contributed by atoms with Crippen molar-refractivity contribution in [2.45, 2.75) is 32.2 Å².